The molecule has 5 nitrogen and oxygen atoms in total. The maximum Gasteiger partial charge on any atom is 0.215 e. The highest BCUT2D eigenvalue weighted by Crippen LogP contribution is 2.20. The quantitative estimate of drug-likeness (QED) is 0.833. The highest BCUT2D eigenvalue weighted by molar-refractivity contribution is 5.29. The predicted octanol–water partition coefficient (Wildman–Crippen LogP) is 1.18. The molecular formula is C13H16N2O3. The molecule has 0 aliphatic carbocycles. The van der Waals surface area contributed by atoms with E-state index in [1.54, 1.807) is 36.2 Å². The van der Waals surface area contributed by atoms with Gasteiger partial charge in [-0.25, -0.2) is 4.68 Å². The van der Waals surface area contributed by atoms with Crippen molar-refractivity contribution >= 4 is 0 Å². The fourth-order valence-electron chi connectivity index (χ4n) is 1.88. The van der Waals surface area contributed by atoms with Crippen LogP contribution in [0, 0.1) is 0 Å². The Hall–Kier alpha value is -2.01. The van der Waals surface area contributed by atoms with E-state index in [2.05, 4.69) is 5.10 Å². The molecule has 2 aromatic rings. The van der Waals surface area contributed by atoms with Crippen LogP contribution in [-0.2, 0) is 13.0 Å². The second kappa shape index (κ2) is 5.55. The Morgan fingerprint density at radius 3 is 2.89 bits per heavy atom. The number of methoxy groups -OCH3 is 1. The zero-order valence-corrected chi connectivity index (χ0v) is 10.2. The zero-order valence-electron chi connectivity index (χ0n) is 10.2. The number of ether oxygens (including phenoxy) is 1. The Balaban J connectivity index is 2.23. The van der Waals surface area contributed by atoms with E-state index in [-0.39, 0.29) is 12.4 Å². The van der Waals surface area contributed by atoms with E-state index in [1.807, 2.05) is 6.07 Å². The Bertz CT molecular complexity index is 523. The summed E-state index contributed by atoms with van der Waals surface area (Å²) in [6.45, 7) is 0.581. The van der Waals surface area contributed by atoms with Crippen molar-refractivity contribution in [2.24, 2.45) is 0 Å². The SMILES string of the molecule is COc1c(CCO)cnn1Cc1cccc(O)c1. The summed E-state index contributed by atoms with van der Waals surface area (Å²) < 4.78 is 7.01. The van der Waals surface area contributed by atoms with Crippen molar-refractivity contribution in [2.45, 2.75) is 13.0 Å². The molecule has 0 saturated heterocycles. The molecular weight excluding hydrogens is 232 g/mol. The summed E-state index contributed by atoms with van der Waals surface area (Å²) in [5, 5.41) is 22.6. The Morgan fingerprint density at radius 1 is 1.39 bits per heavy atom. The molecule has 0 amide bonds. The van der Waals surface area contributed by atoms with E-state index in [4.69, 9.17) is 9.84 Å². The first-order valence-electron chi connectivity index (χ1n) is 5.72. The minimum atomic E-state index is 0.0637. The van der Waals surface area contributed by atoms with Crippen LogP contribution >= 0.6 is 0 Å². The second-order valence-corrected chi connectivity index (χ2v) is 3.98. The lowest BCUT2D eigenvalue weighted by Gasteiger charge is -2.08. The topological polar surface area (TPSA) is 67.5 Å². The monoisotopic (exact) mass is 248 g/mol. The smallest absolute Gasteiger partial charge is 0.215 e. The minimum absolute atomic E-state index is 0.0637. The van der Waals surface area contributed by atoms with Gasteiger partial charge in [0.05, 0.1) is 19.9 Å². The van der Waals surface area contributed by atoms with Crippen LogP contribution < -0.4 is 4.74 Å². The van der Waals surface area contributed by atoms with Crippen molar-refractivity contribution < 1.29 is 14.9 Å². The molecule has 0 bridgehead atoms. The van der Waals surface area contributed by atoms with Gasteiger partial charge in [0.25, 0.3) is 0 Å². The van der Waals surface area contributed by atoms with Crippen LogP contribution in [0.1, 0.15) is 11.1 Å². The first-order valence-corrected chi connectivity index (χ1v) is 5.72. The summed E-state index contributed by atoms with van der Waals surface area (Å²) in [5.74, 6) is 0.876. The van der Waals surface area contributed by atoms with Crippen LogP contribution in [-0.4, -0.2) is 33.7 Å². The normalized spacial score (nSPS) is 10.6. The average Bonchev–Trinajstić information content (AvgIpc) is 2.72. The largest absolute Gasteiger partial charge is 0.508 e. The highest BCUT2D eigenvalue weighted by atomic mass is 16.5. The van der Waals surface area contributed by atoms with Crippen molar-refractivity contribution in [1.29, 1.82) is 0 Å². The van der Waals surface area contributed by atoms with Gasteiger partial charge in [-0.1, -0.05) is 12.1 Å². The van der Waals surface area contributed by atoms with Crippen molar-refractivity contribution in [3.8, 4) is 11.6 Å². The number of benzene rings is 1. The first kappa shape index (κ1) is 12.4. The fraction of sp³-hybridized carbons (Fsp3) is 0.308. The number of phenolic OH excluding ortho intramolecular Hbond substituents is 1. The highest BCUT2D eigenvalue weighted by Gasteiger charge is 2.11. The third-order valence-corrected chi connectivity index (χ3v) is 2.68. The lowest BCUT2D eigenvalue weighted by molar-refractivity contribution is 0.295. The van der Waals surface area contributed by atoms with E-state index in [0.29, 0.717) is 18.8 Å². The number of hydrogen-bond donors (Lipinski definition) is 2. The van der Waals surface area contributed by atoms with Gasteiger partial charge in [-0.3, -0.25) is 0 Å². The molecule has 0 radical (unpaired) electrons. The van der Waals surface area contributed by atoms with E-state index in [0.717, 1.165) is 11.1 Å². The molecule has 1 aromatic carbocycles. The Labute approximate surface area is 105 Å². The molecule has 1 heterocycles. The van der Waals surface area contributed by atoms with Gasteiger partial charge in [0, 0.05) is 18.6 Å². The Morgan fingerprint density at radius 2 is 2.22 bits per heavy atom. The standard InChI is InChI=1S/C13H16N2O3/c1-18-13-11(5-6-16)8-14-15(13)9-10-3-2-4-12(17)7-10/h2-4,7-8,16-17H,5-6,9H2,1H3. The van der Waals surface area contributed by atoms with E-state index >= 15 is 0 Å². The average molecular weight is 248 g/mol. The predicted molar refractivity (Wildman–Crippen MR) is 66.8 cm³/mol. The van der Waals surface area contributed by atoms with Crippen LogP contribution in [0.4, 0.5) is 0 Å². The van der Waals surface area contributed by atoms with Crippen molar-refractivity contribution in [1.82, 2.24) is 9.78 Å². The number of hydrogen-bond acceptors (Lipinski definition) is 4. The Kier molecular flexibility index (Phi) is 3.84. The van der Waals surface area contributed by atoms with Crippen LogP contribution in [0.5, 0.6) is 11.6 Å². The van der Waals surface area contributed by atoms with Gasteiger partial charge in [0.1, 0.15) is 5.75 Å². The first-order chi connectivity index (χ1) is 8.74. The molecule has 18 heavy (non-hydrogen) atoms. The lowest BCUT2D eigenvalue weighted by atomic mass is 10.2. The summed E-state index contributed by atoms with van der Waals surface area (Å²) in [6, 6.07) is 7.01. The molecule has 2 N–H and O–H groups in total. The molecule has 0 unspecified atom stereocenters. The van der Waals surface area contributed by atoms with E-state index < -0.39 is 0 Å². The molecule has 5 heteroatoms. The maximum absolute atomic E-state index is 9.41. The molecule has 96 valence electrons. The van der Waals surface area contributed by atoms with E-state index in [1.165, 1.54) is 0 Å². The number of phenols is 1. The van der Waals surface area contributed by atoms with Crippen molar-refractivity contribution in [2.75, 3.05) is 13.7 Å². The molecule has 2 rings (SSSR count). The van der Waals surface area contributed by atoms with Gasteiger partial charge in [-0.2, -0.15) is 5.10 Å². The van der Waals surface area contributed by atoms with Crippen molar-refractivity contribution in [3.63, 3.8) is 0 Å². The van der Waals surface area contributed by atoms with Crippen LogP contribution in [0.25, 0.3) is 0 Å². The molecule has 0 fully saturated rings. The molecule has 0 atom stereocenters. The molecule has 0 saturated carbocycles. The number of aliphatic hydroxyl groups is 1. The summed E-state index contributed by atoms with van der Waals surface area (Å²) in [7, 11) is 1.58. The molecule has 0 aliphatic heterocycles. The number of aliphatic hydroxyl groups excluding tert-OH is 1. The molecule has 0 spiro atoms. The second-order valence-electron chi connectivity index (χ2n) is 3.98. The number of nitrogens with zero attached hydrogens (tertiary/aromatic N) is 2. The van der Waals surface area contributed by atoms with Gasteiger partial charge < -0.3 is 14.9 Å². The summed E-state index contributed by atoms with van der Waals surface area (Å²) >= 11 is 0. The number of rotatable bonds is 5. The van der Waals surface area contributed by atoms with Gasteiger partial charge >= 0.3 is 0 Å². The lowest BCUT2D eigenvalue weighted by Crippen LogP contribution is -2.05. The number of aromatic hydroxyl groups is 1. The molecule has 1 aromatic heterocycles. The zero-order chi connectivity index (χ0) is 13.0. The summed E-state index contributed by atoms with van der Waals surface area (Å²) in [5.41, 5.74) is 1.81. The number of aromatic nitrogens is 2. The summed E-state index contributed by atoms with van der Waals surface area (Å²) in [6.07, 6.45) is 2.21. The fourth-order valence-corrected chi connectivity index (χ4v) is 1.88. The van der Waals surface area contributed by atoms with Crippen molar-refractivity contribution in [3.05, 3.63) is 41.6 Å². The van der Waals surface area contributed by atoms with Gasteiger partial charge in [0.15, 0.2) is 0 Å². The third-order valence-electron chi connectivity index (χ3n) is 2.68. The van der Waals surface area contributed by atoms with Gasteiger partial charge in [-0.05, 0) is 17.7 Å². The van der Waals surface area contributed by atoms with Gasteiger partial charge in [-0.15, -0.1) is 0 Å². The minimum Gasteiger partial charge on any atom is -0.508 e. The van der Waals surface area contributed by atoms with Crippen LogP contribution in [0.3, 0.4) is 0 Å². The maximum atomic E-state index is 9.41. The summed E-state index contributed by atoms with van der Waals surface area (Å²) in [4.78, 5) is 0. The van der Waals surface area contributed by atoms with Crippen LogP contribution in [0.2, 0.25) is 0 Å². The van der Waals surface area contributed by atoms with Crippen LogP contribution in [0.15, 0.2) is 30.5 Å². The molecule has 0 aliphatic rings. The van der Waals surface area contributed by atoms with Gasteiger partial charge in [0.2, 0.25) is 5.88 Å². The van der Waals surface area contributed by atoms with E-state index in [9.17, 15) is 5.11 Å². The third kappa shape index (κ3) is 2.62.